The summed E-state index contributed by atoms with van der Waals surface area (Å²) in [5, 5.41) is 3.65. The van der Waals surface area contributed by atoms with Gasteiger partial charge in [0.05, 0.1) is 6.61 Å². The fourth-order valence-electron chi connectivity index (χ4n) is 3.63. The van der Waals surface area contributed by atoms with Gasteiger partial charge in [0, 0.05) is 38.7 Å². The van der Waals surface area contributed by atoms with Crippen LogP contribution in [0.1, 0.15) is 51.9 Å². The van der Waals surface area contributed by atoms with Gasteiger partial charge in [-0.3, -0.25) is 4.79 Å². The predicted octanol–water partition coefficient (Wildman–Crippen LogP) is 2.18. The number of rotatable bonds is 8. The molecule has 2 fully saturated rings. The molecule has 1 N–H and O–H groups in total. The maximum absolute atomic E-state index is 12.5. The molecule has 1 amide bonds. The van der Waals surface area contributed by atoms with Crippen LogP contribution < -0.4 is 5.32 Å². The van der Waals surface area contributed by atoms with E-state index >= 15 is 0 Å². The largest absolute Gasteiger partial charge is 0.383 e. The number of methoxy groups -OCH3 is 1. The first-order valence-corrected chi connectivity index (χ1v) is 8.25. The fraction of sp³-hybridized carbons (Fsp3) is 0.938. The SMILES string of the molecule is CCCCN(CCOC)C(=O)CC1CC2CCC(C1)N2. The molecule has 0 aromatic carbocycles. The Bertz CT molecular complexity index is 289. The highest BCUT2D eigenvalue weighted by Crippen LogP contribution is 2.32. The van der Waals surface area contributed by atoms with Crippen molar-refractivity contribution in [2.24, 2.45) is 5.92 Å². The van der Waals surface area contributed by atoms with Gasteiger partial charge in [0.25, 0.3) is 0 Å². The van der Waals surface area contributed by atoms with Gasteiger partial charge in [0.1, 0.15) is 0 Å². The molecule has 2 rings (SSSR count). The third-order valence-electron chi connectivity index (χ3n) is 4.73. The Morgan fingerprint density at radius 2 is 1.95 bits per heavy atom. The molecule has 2 aliphatic heterocycles. The van der Waals surface area contributed by atoms with E-state index in [4.69, 9.17) is 4.74 Å². The van der Waals surface area contributed by atoms with Crippen LogP contribution in [0.3, 0.4) is 0 Å². The standard InChI is InChI=1S/C16H30N2O2/c1-3-4-7-18(8-9-20-2)16(19)12-13-10-14-5-6-15(11-13)17-14/h13-15,17H,3-12H2,1-2H3. The molecule has 2 atom stereocenters. The molecule has 2 unspecified atom stereocenters. The van der Waals surface area contributed by atoms with Gasteiger partial charge < -0.3 is 15.0 Å². The zero-order valence-corrected chi connectivity index (χ0v) is 13.1. The van der Waals surface area contributed by atoms with E-state index in [1.165, 1.54) is 25.7 Å². The molecule has 0 aromatic rings. The number of carbonyl (C=O) groups is 1. The third-order valence-corrected chi connectivity index (χ3v) is 4.73. The summed E-state index contributed by atoms with van der Waals surface area (Å²) in [6, 6.07) is 1.35. The zero-order valence-electron chi connectivity index (χ0n) is 13.1. The molecule has 0 aromatic heterocycles. The number of unbranched alkanes of at least 4 members (excludes halogenated alkanes) is 1. The van der Waals surface area contributed by atoms with E-state index in [1.54, 1.807) is 7.11 Å². The summed E-state index contributed by atoms with van der Waals surface area (Å²) >= 11 is 0. The van der Waals surface area contributed by atoms with Crippen molar-refractivity contribution < 1.29 is 9.53 Å². The average molecular weight is 282 g/mol. The highest BCUT2D eigenvalue weighted by molar-refractivity contribution is 5.76. The first-order chi connectivity index (χ1) is 9.72. The van der Waals surface area contributed by atoms with Crippen molar-refractivity contribution in [2.75, 3.05) is 26.8 Å². The minimum absolute atomic E-state index is 0.335. The summed E-state index contributed by atoms with van der Waals surface area (Å²) in [5.74, 6) is 0.926. The summed E-state index contributed by atoms with van der Waals surface area (Å²) in [6.07, 6.45) is 7.95. The Morgan fingerprint density at radius 3 is 2.55 bits per heavy atom. The maximum atomic E-state index is 12.5. The van der Waals surface area contributed by atoms with E-state index in [1.807, 2.05) is 4.90 Å². The Hall–Kier alpha value is -0.610. The van der Waals surface area contributed by atoms with Crippen LogP contribution in [0.15, 0.2) is 0 Å². The molecule has 2 bridgehead atoms. The molecule has 116 valence electrons. The molecule has 2 aliphatic rings. The van der Waals surface area contributed by atoms with Crippen LogP contribution >= 0.6 is 0 Å². The van der Waals surface area contributed by atoms with Crippen LogP contribution in [-0.4, -0.2) is 49.7 Å². The summed E-state index contributed by atoms with van der Waals surface area (Å²) in [5.41, 5.74) is 0. The number of carbonyl (C=O) groups excluding carboxylic acids is 1. The summed E-state index contributed by atoms with van der Waals surface area (Å²) in [6.45, 7) is 4.44. The highest BCUT2D eigenvalue weighted by Gasteiger charge is 2.34. The van der Waals surface area contributed by atoms with Crippen LogP contribution in [0.2, 0.25) is 0 Å². The normalized spacial score (nSPS) is 28.6. The zero-order chi connectivity index (χ0) is 14.4. The molecule has 2 saturated heterocycles. The molecule has 2 heterocycles. The van der Waals surface area contributed by atoms with Crippen molar-refractivity contribution in [2.45, 2.75) is 64.0 Å². The lowest BCUT2D eigenvalue weighted by Crippen LogP contribution is -2.41. The van der Waals surface area contributed by atoms with E-state index < -0.39 is 0 Å². The average Bonchev–Trinajstić information content (AvgIpc) is 2.78. The molecule has 0 saturated carbocycles. The Labute approximate surface area is 123 Å². The number of piperidine rings is 1. The van der Waals surface area contributed by atoms with Gasteiger partial charge in [-0.1, -0.05) is 13.3 Å². The number of hydrogen-bond acceptors (Lipinski definition) is 3. The fourth-order valence-corrected chi connectivity index (χ4v) is 3.63. The Balaban J connectivity index is 1.80. The molecule has 0 aliphatic carbocycles. The van der Waals surface area contributed by atoms with E-state index in [9.17, 15) is 4.79 Å². The van der Waals surface area contributed by atoms with Gasteiger partial charge >= 0.3 is 0 Å². The molecule has 4 heteroatoms. The predicted molar refractivity (Wildman–Crippen MR) is 80.7 cm³/mol. The third kappa shape index (κ3) is 4.45. The Kier molecular flexibility index (Phi) is 6.30. The van der Waals surface area contributed by atoms with Gasteiger partial charge in [-0.15, -0.1) is 0 Å². The van der Waals surface area contributed by atoms with Gasteiger partial charge in [-0.25, -0.2) is 0 Å². The molecular weight excluding hydrogens is 252 g/mol. The lowest BCUT2D eigenvalue weighted by molar-refractivity contribution is -0.133. The van der Waals surface area contributed by atoms with E-state index in [0.717, 1.165) is 32.4 Å². The summed E-state index contributed by atoms with van der Waals surface area (Å²) in [7, 11) is 1.70. The van der Waals surface area contributed by atoms with Crippen LogP contribution in [0, 0.1) is 5.92 Å². The second-order valence-electron chi connectivity index (χ2n) is 6.41. The lowest BCUT2D eigenvalue weighted by atomic mass is 9.89. The summed E-state index contributed by atoms with van der Waals surface area (Å²) < 4.78 is 5.13. The number of hydrogen-bond donors (Lipinski definition) is 1. The first-order valence-electron chi connectivity index (χ1n) is 8.25. The van der Waals surface area contributed by atoms with Crippen molar-refractivity contribution in [1.82, 2.24) is 10.2 Å². The number of nitrogens with one attached hydrogen (secondary N) is 1. The second-order valence-corrected chi connectivity index (χ2v) is 6.41. The van der Waals surface area contributed by atoms with Crippen molar-refractivity contribution in [1.29, 1.82) is 0 Å². The van der Waals surface area contributed by atoms with Crippen molar-refractivity contribution in [3.8, 4) is 0 Å². The van der Waals surface area contributed by atoms with Gasteiger partial charge in [0.2, 0.25) is 5.91 Å². The van der Waals surface area contributed by atoms with Crippen LogP contribution in [-0.2, 0) is 9.53 Å². The smallest absolute Gasteiger partial charge is 0.222 e. The van der Waals surface area contributed by atoms with Crippen LogP contribution in [0.4, 0.5) is 0 Å². The minimum atomic E-state index is 0.335. The van der Waals surface area contributed by atoms with Crippen LogP contribution in [0.5, 0.6) is 0 Å². The number of nitrogens with zero attached hydrogens (tertiary/aromatic N) is 1. The highest BCUT2D eigenvalue weighted by atomic mass is 16.5. The van der Waals surface area contributed by atoms with E-state index in [2.05, 4.69) is 12.2 Å². The number of amides is 1. The number of ether oxygens (including phenoxy) is 1. The maximum Gasteiger partial charge on any atom is 0.222 e. The van der Waals surface area contributed by atoms with Crippen molar-refractivity contribution in [3.05, 3.63) is 0 Å². The summed E-state index contributed by atoms with van der Waals surface area (Å²) in [4.78, 5) is 14.5. The van der Waals surface area contributed by atoms with Crippen LogP contribution in [0.25, 0.3) is 0 Å². The molecule has 0 radical (unpaired) electrons. The van der Waals surface area contributed by atoms with Gasteiger partial charge in [-0.2, -0.15) is 0 Å². The first kappa shape index (κ1) is 15.8. The monoisotopic (exact) mass is 282 g/mol. The molecule has 0 spiro atoms. The molecular formula is C16H30N2O2. The minimum Gasteiger partial charge on any atom is -0.383 e. The van der Waals surface area contributed by atoms with Gasteiger partial charge in [-0.05, 0) is 38.0 Å². The van der Waals surface area contributed by atoms with Gasteiger partial charge in [0.15, 0.2) is 0 Å². The lowest BCUT2D eigenvalue weighted by Gasteiger charge is -2.31. The Morgan fingerprint density at radius 1 is 1.25 bits per heavy atom. The second kappa shape index (κ2) is 7.99. The van der Waals surface area contributed by atoms with E-state index in [0.29, 0.717) is 30.5 Å². The van der Waals surface area contributed by atoms with Crippen molar-refractivity contribution in [3.63, 3.8) is 0 Å². The molecule has 4 nitrogen and oxygen atoms in total. The molecule has 20 heavy (non-hydrogen) atoms. The van der Waals surface area contributed by atoms with Crippen molar-refractivity contribution >= 4 is 5.91 Å². The topological polar surface area (TPSA) is 41.6 Å². The van der Waals surface area contributed by atoms with E-state index in [-0.39, 0.29) is 0 Å². The number of fused-ring (bicyclic) bond motifs is 2. The quantitative estimate of drug-likeness (QED) is 0.742.